The summed E-state index contributed by atoms with van der Waals surface area (Å²) in [6.07, 6.45) is 0. The minimum Gasteiger partial charge on any atom is -0.490 e. The van der Waals surface area contributed by atoms with E-state index in [1.165, 1.54) is 6.07 Å². The molecule has 1 atom stereocenters. The van der Waals surface area contributed by atoms with Crippen molar-refractivity contribution in [1.82, 2.24) is 5.32 Å². The molecular weight excluding hydrogens is 256 g/mol. The molecule has 0 saturated heterocycles. The van der Waals surface area contributed by atoms with Crippen molar-refractivity contribution in [3.05, 3.63) is 23.8 Å². The SMILES string of the molecule is CCOc1cc(CNC(C)CO)ccc1OC(F)F. The molecule has 0 spiro atoms. The summed E-state index contributed by atoms with van der Waals surface area (Å²) >= 11 is 0. The second-order valence-corrected chi connectivity index (χ2v) is 4.06. The maximum atomic E-state index is 12.2. The highest BCUT2D eigenvalue weighted by Gasteiger charge is 2.11. The van der Waals surface area contributed by atoms with Crippen LogP contribution in [0.2, 0.25) is 0 Å². The van der Waals surface area contributed by atoms with Gasteiger partial charge in [-0.3, -0.25) is 0 Å². The van der Waals surface area contributed by atoms with Gasteiger partial charge in [-0.1, -0.05) is 6.07 Å². The zero-order chi connectivity index (χ0) is 14.3. The Morgan fingerprint density at radius 1 is 1.32 bits per heavy atom. The van der Waals surface area contributed by atoms with Crippen LogP contribution in [0.15, 0.2) is 18.2 Å². The molecule has 1 unspecified atom stereocenters. The van der Waals surface area contributed by atoms with Crippen LogP contribution in [0.4, 0.5) is 8.78 Å². The Morgan fingerprint density at radius 2 is 2.05 bits per heavy atom. The van der Waals surface area contributed by atoms with Crippen molar-refractivity contribution in [3.8, 4) is 11.5 Å². The fourth-order valence-corrected chi connectivity index (χ4v) is 1.48. The van der Waals surface area contributed by atoms with Crippen LogP contribution in [0.3, 0.4) is 0 Å². The van der Waals surface area contributed by atoms with Crippen LogP contribution in [-0.2, 0) is 6.54 Å². The van der Waals surface area contributed by atoms with Gasteiger partial charge in [0, 0.05) is 12.6 Å². The monoisotopic (exact) mass is 275 g/mol. The average Bonchev–Trinajstić information content (AvgIpc) is 2.38. The molecule has 2 N–H and O–H groups in total. The van der Waals surface area contributed by atoms with Crippen molar-refractivity contribution in [3.63, 3.8) is 0 Å². The molecule has 1 rings (SSSR count). The van der Waals surface area contributed by atoms with E-state index in [2.05, 4.69) is 10.1 Å². The fraction of sp³-hybridized carbons (Fsp3) is 0.538. The third-order valence-electron chi connectivity index (χ3n) is 2.45. The molecule has 0 aliphatic heterocycles. The van der Waals surface area contributed by atoms with Gasteiger partial charge >= 0.3 is 6.61 Å². The third-order valence-corrected chi connectivity index (χ3v) is 2.45. The Morgan fingerprint density at radius 3 is 2.63 bits per heavy atom. The van der Waals surface area contributed by atoms with Gasteiger partial charge in [0.2, 0.25) is 0 Å². The molecule has 0 fully saturated rings. The quantitative estimate of drug-likeness (QED) is 0.763. The average molecular weight is 275 g/mol. The molecule has 0 aliphatic rings. The summed E-state index contributed by atoms with van der Waals surface area (Å²) in [6, 6.07) is 4.75. The number of halogens is 2. The van der Waals surface area contributed by atoms with Crippen LogP contribution in [0, 0.1) is 0 Å². The second-order valence-electron chi connectivity index (χ2n) is 4.06. The molecule has 108 valence electrons. The Labute approximate surface area is 111 Å². The van der Waals surface area contributed by atoms with Crippen LogP contribution >= 0.6 is 0 Å². The van der Waals surface area contributed by atoms with Gasteiger partial charge in [-0.25, -0.2) is 0 Å². The summed E-state index contributed by atoms with van der Waals surface area (Å²) < 4.78 is 34.1. The molecule has 1 aromatic carbocycles. The largest absolute Gasteiger partial charge is 0.490 e. The van der Waals surface area contributed by atoms with Crippen molar-refractivity contribution in [2.45, 2.75) is 33.0 Å². The summed E-state index contributed by atoms with van der Waals surface area (Å²) in [6.45, 7) is 1.64. The van der Waals surface area contributed by atoms with Gasteiger partial charge in [0.1, 0.15) is 0 Å². The van der Waals surface area contributed by atoms with Gasteiger partial charge in [-0.15, -0.1) is 0 Å². The van der Waals surface area contributed by atoms with E-state index in [1.807, 2.05) is 6.92 Å². The number of benzene rings is 1. The van der Waals surface area contributed by atoms with Crippen molar-refractivity contribution >= 4 is 0 Å². The zero-order valence-electron chi connectivity index (χ0n) is 11.0. The van der Waals surface area contributed by atoms with Gasteiger partial charge in [0.25, 0.3) is 0 Å². The van der Waals surface area contributed by atoms with E-state index < -0.39 is 6.61 Å². The van der Waals surface area contributed by atoms with Gasteiger partial charge in [-0.2, -0.15) is 8.78 Å². The number of aliphatic hydroxyl groups is 1. The summed E-state index contributed by atoms with van der Waals surface area (Å²) in [7, 11) is 0. The van der Waals surface area contributed by atoms with Gasteiger partial charge in [0.05, 0.1) is 13.2 Å². The van der Waals surface area contributed by atoms with Crippen molar-refractivity contribution in [2.75, 3.05) is 13.2 Å². The lowest BCUT2D eigenvalue weighted by atomic mass is 10.2. The summed E-state index contributed by atoms with van der Waals surface area (Å²) in [5.74, 6) is 0.314. The van der Waals surface area contributed by atoms with E-state index >= 15 is 0 Å². The normalized spacial score (nSPS) is 12.5. The molecule has 0 heterocycles. The predicted octanol–water partition coefficient (Wildman–Crippen LogP) is 2.16. The number of nitrogens with one attached hydrogen (secondary N) is 1. The van der Waals surface area contributed by atoms with Crippen LogP contribution in [0.5, 0.6) is 11.5 Å². The van der Waals surface area contributed by atoms with Crippen LogP contribution in [0.1, 0.15) is 19.4 Å². The molecule has 0 bridgehead atoms. The maximum Gasteiger partial charge on any atom is 0.387 e. The Hall–Kier alpha value is -1.40. The minimum absolute atomic E-state index is 0.0239. The number of rotatable bonds is 8. The molecule has 1 aromatic rings. The maximum absolute atomic E-state index is 12.2. The second kappa shape index (κ2) is 7.91. The molecule has 0 aromatic heterocycles. The van der Waals surface area contributed by atoms with Crippen LogP contribution in [-0.4, -0.2) is 31.0 Å². The summed E-state index contributed by atoms with van der Waals surface area (Å²) in [4.78, 5) is 0. The van der Waals surface area contributed by atoms with Crippen molar-refractivity contribution in [2.24, 2.45) is 0 Å². The van der Waals surface area contributed by atoms with Crippen molar-refractivity contribution in [1.29, 1.82) is 0 Å². The van der Waals surface area contributed by atoms with Gasteiger partial charge < -0.3 is 19.9 Å². The predicted molar refractivity (Wildman–Crippen MR) is 67.6 cm³/mol. The minimum atomic E-state index is -2.88. The third kappa shape index (κ3) is 5.40. The van der Waals surface area contributed by atoms with Gasteiger partial charge in [0.15, 0.2) is 11.5 Å². The molecule has 0 aliphatic carbocycles. The molecule has 0 amide bonds. The number of hydrogen-bond acceptors (Lipinski definition) is 4. The summed E-state index contributed by atoms with van der Waals surface area (Å²) in [5.41, 5.74) is 0.866. The zero-order valence-corrected chi connectivity index (χ0v) is 11.0. The fourth-order valence-electron chi connectivity index (χ4n) is 1.48. The first kappa shape index (κ1) is 15.7. The highest BCUT2D eigenvalue weighted by molar-refractivity contribution is 5.43. The smallest absolute Gasteiger partial charge is 0.387 e. The number of hydrogen-bond donors (Lipinski definition) is 2. The van der Waals surface area contributed by atoms with E-state index in [4.69, 9.17) is 9.84 Å². The van der Waals surface area contributed by atoms with Crippen molar-refractivity contribution < 1.29 is 23.4 Å². The van der Waals surface area contributed by atoms with E-state index in [1.54, 1.807) is 19.1 Å². The van der Waals surface area contributed by atoms with Crippen LogP contribution in [0.25, 0.3) is 0 Å². The number of aliphatic hydroxyl groups excluding tert-OH is 1. The first-order valence-corrected chi connectivity index (χ1v) is 6.11. The van der Waals surface area contributed by atoms with E-state index in [9.17, 15) is 8.78 Å². The molecular formula is C13H19F2NO3. The highest BCUT2D eigenvalue weighted by atomic mass is 19.3. The standard InChI is InChI=1S/C13H19F2NO3/c1-3-18-12-6-10(7-16-9(2)8-17)4-5-11(12)19-13(14)15/h4-6,9,13,16-17H,3,7-8H2,1-2H3. The topological polar surface area (TPSA) is 50.7 Å². The molecule has 4 nitrogen and oxygen atoms in total. The first-order chi connectivity index (χ1) is 9.06. The highest BCUT2D eigenvalue weighted by Crippen LogP contribution is 2.29. The van der Waals surface area contributed by atoms with E-state index in [-0.39, 0.29) is 18.4 Å². The molecule has 0 saturated carbocycles. The van der Waals surface area contributed by atoms with E-state index in [0.29, 0.717) is 18.9 Å². The molecule has 19 heavy (non-hydrogen) atoms. The number of ether oxygens (including phenoxy) is 2. The lowest BCUT2D eigenvalue weighted by molar-refractivity contribution is -0.0514. The Kier molecular flexibility index (Phi) is 6.52. The summed E-state index contributed by atoms with van der Waals surface area (Å²) in [5, 5.41) is 12.0. The Bertz CT molecular complexity index is 388. The Balaban J connectivity index is 2.77. The first-order valence-electron chi connectivity index (χ1n) is 6.11. The molecule has 0 radical (unpaired) electrons. The number of alkyl halides is 2. The lowest BCUT2D eigenvalue weighted by Crippen LogP contribution is -2.28. The van der Waals surface area contributed by atoms with Crippen LogP contribution < -0.4 is 14.8 Å². The lowest BCUT2D eigenvalue weighted by Gasteiger charge is -2.14. The van der Waals surface area contributed by atoms with E-state index in [0.717, 1.165) is 5.56 Å². The van der Waals surface area contributed by atoms with Gasteiger partial charge in [-0.05, 0) is 31.5 Å². The molecule has 6 heteroatoms.